The second-order valence-electron chi connectivity index (χ2n) is 6.47. The van der Waals surface area contributed by atoms with E-state index in [0.29, 0.717) is 12.5 Å². The minimum atomic E-state index is 0.262. The van der Waals surface area contributed by atoms with Gasteiger partial charge in [0.1, 0.15) is 0 Å². The molecule has 0 bridgehead atoms. The van der Waals surface area contributed by atoms with E-state index in [1.54, 1.807) is 0 Å². The molecule has 21 heavy (non-hydrogen) atoms. The lowest BCUT2D eigenvalue weighted by Gasteiger charge is -2.31. The number of nitrogens with one attached hydrogen (secondary N) is 1. The lowest BCUT2D eigenvalue weighted by Crippen LogP contribution is -2.44. The van der Waals surface area contributed by atoms with Crippen LogP contribution in [-0.4, -0.2) is 37.0 Å². The first-order chi connectivity index (χ1) is 10.2. The second-order valence-corrected chi connectivity index (χ2v) is 6.47. The maximum Gasteiger partial charge on any atom is 0.226 e. The minimum Gasteiger partial charge on any atom is -0.342 e. The van der Waals surface area contributed by atoms with Gasteiger partial charge in [0.25, 0.3) is 0 Å². The van der Waals surface area contributed by atoms with Crippen molar-refractivity contribution in [3.05, 3.63) is 34.9 Å². The first-order valence-corrected chi connectivity index (χ1v) is 8.31. The fourth-order valence-electron chi connectivity index (χ4n) is 3.59. The number of hydrogen-bond acceptors (Lipinski definition) is 2. The van der Waals surface area contributed by atoms with E-state index in [0.717, 1.165) is 25.9 Å². The standard InChI is InChI=1S/C18H26N2O/c1-20(17-8-10-19-11-9-17)18(21)13-14-6-7-15-4-2-3-5-16(15)12-14/h6-7,12,17,19H,2-5,8-11,13H2,1H3. The van der Waals surface area contributed by atoms with Gasteiger partial charge in [0.05, 0.1) is 6.42 Å². The SMILES string of the molecule is CN(C(=O)Cc1ccc2c(c1)CCCC2)C1CCNCC1. The Balaban J connectivity index is 1.63. The Morgan fingerprint density at radius 2 is 1.90 bits per heavy atom. The average molecular weight is 286 g/mol. The Morgan fingerprint density at radius 1 is 1.19 bits per heavy atom. The van der Waals surface area contributed by atoms with Crippen LogP contribution in [0.25, 0.3) is 0 Å². The monoisotopic (exact) mass is 286 g/mol. The van der Waals surface area contributed by atoms with Crippen molar-refractivity contribution in [1.82, 2.24) is 10.2 Å². The Bertz CT molecular complexity index is 506. The number of amides is 1. The molecule has 1 aliphatic carbocycles. The lowest BCUT2D eigenvalue weighted by molar-refractivity contribution is -0.131. The van der Waals surface area contributed by atoms with E-state index in [4.69, 9.17) is 0 Å². The third kappa shape index (κ3) is 3.46. The number of hydrogen-bond donors (Lipinski definition) is 1. The van der Waals surface area contributed by atoms with Crippen LogP contribution in [0.5, 0.6) is 0 Å². The van der Waals surface area contributed by atoms with E-state index in [9.17, 15) is 4.79 Å². The van der Waals surface area contributed by atoms with Crippen molar-refractivity contribution in [2.24, 2.45) is 0 Å². The van der Waals surface area contributed by atoms with Crippen molar-refractivity contribution in [2.45, 2.75) is 51.0 Å². The summed E-state index contributed by atoms with van der Waals surface area (Å²) in [5.41, 5.74) is 4.14. The number of aryl methyl sites for hydroxylation is 2. The Kier molecular flexibility index (Phi) is 4.59. The van der Waals surface area contributed by atoms with E-state index < -0.39 is 0 Å². The molecule has 0 aromatic heterocycles. The zero-order valence-electron chi connectivity index (χ0n) is 13.0. The van der Waals surface area contributed by atoms with Crippen molar-refractivity contribution in [2.75, 3.05) is 20.1 Å². The highest BCUT2D eigenvalue weighted by Gasteiger charge is 2.22. The van der Waals surface area contributed by atoms with E-state index in [1.807, 2.05) is 11.9 Å². The molecule has 0 radical (unpaired) electrons. The molecule has 0 unspecified atom stereocenters. The summed E-state index contributed by atoms with van der Waals surface area (Å²) in [5.74, 6) is 0.262. The Hall–Kier alpha value is -1.35. The van der Waals surface area contributed by atoms with Gasteiger partial charge < -0.3 is 10.2 Å². The number of carbonyl (C=O) groups is 1. The summed E-state index contributed by atoms with van der Waals surface area (Å²) in [4.78, 5) is 14.5. The number of likely N-dealkylation sites (N-methyl/N-ethyl adjacent to an activating group) is 1. The summed E-state index contributed by atoms with van der Waals surface area (Å²) in [5, 5.41) is 3.35. The second kappa shape index (κ2) is 6.61. The van der Waals surface area contributed by atoms with Gasteiger partial charge in [-0.3, -0.25) is 4.79 Å². The van der Waals surface area contributed by atoms with Crippen LogP contribution in [0.1, 0.15) is 42.4 Å². The van der Waals surface area contributed by atoms with Crippen molar-refractivity contribution < 1.29 is 4.79 Å². The molecule has 1 aromatic rings. The maximum atomic E-state index is 12.5. The molecule has 2 aliphatic rings. The maximum absolute atomic E-state index is 12.5. The predicted molar refractivity (Wildman–Crippen MR) is 85.4 cm³/mol. The molecular formula is C18H26N2O. The first kappa shape index (κ1) is 14.6. The molecule has 1 N–H and O–H groups in total. The molecule has 114 valence electrons. The number of nitrogens with zero attached hydrogens (tertiary/aromatic N) is 1. The highest BCUT2D eigenvalue weighted by molar-refractivity contribution is 5.79. The van der Waals surface area contributed by atoms with Gasteiger partial charge in [-0.25, -0.2) is 0 Å². The van der Waals surface area contributed by atoms with Gasteiger partial charge in [0.15, 0.2) is 0 Å². The molecule has 1 fully saturated rings. The van der Waals surface area contributed by atoms with Gasteiger partial charge in [0, 0.05) is 13.1 Å². The molecule has 1 heterocycles. The van der Waals surface area contributed by atoms with Gasteiger partial charge in [-0.2, -0.15) is 0 Å². The highest BCUT2D eigenvalue weighted by Crippen LogP contribution is 2.23. The molecular weight excluding hydrogens is 260 g/mol. The van der Waals surface area contributed by atoms with E-state index in [2.05, 4.69) is 23.5 Å². The summed E-state index contributed by atoms with van der Waals surface area (Å²) >= 11 is 0. The quantitative estimate of drug-likeness (QED) is 0.925. The zero-order valence-corrected chi connectivity index (χ0v) is 13.0. The van der Waals surface area contributed by atoms with Gasteiger partial charge >= 0.3 is 0 Å². The van der Waals surface area contributed by atoms with Crippen LogP contribution in [0.2, 0.25) is 0 Å². The summed E-state index contributed by atoms with van der Waals surface area (Å²) < 4.78 is 0. The smallest absolute Gasteiger partial charge is 0.226 e. The largest absolute Gasteiger partial charge is 0.342 e. The molecule has 0 saturated carbocycles. The predicted octanol–water partition coefficient (Wildman–Crippen LogP) is 2.32. The molecule has 1 aliphatic heterocycles. The molecule has 3 rings (SSSR count). The number of benzene rings is 1. The first-order valence-electron chi connectivity index (χ1n) is 8.31. The molecule has 0 spiro atoms. The summed E-state index contributed by atoms with van der Waals surface area (Å²) in [6, 6.07) is 7.07. The third-order valence-electron chi connectivity index (χ3n) is 5.02. The average Bonchev–Trinajstić information content (AvgIpc) is 2.55. The lowest BCUT2D eigenvalue weighted by atomic mass is 9.90. The molecule has 3 heteroatoms. The zero-order chi connectivity index (χ0) is 14.7. The van der Waals surface area contributed by atoms with E-state index in [-0.39, 0.29) is 5.91 Å². The van der Waals surface area contributed by atoms with Gasteiger partial charge in [0.2, 0.25) is 5.91 Å². The van der Waals surface area contributed by atoms with Crippen LogP contribution in [0.15, 0.2) is 18.2 Å². The van der Waals surface area contributed by atoms with E-state index in [1.165, 1.54) is 42.4 Å². The third-order valence-corrected chi connectivity index (χ3v) is 5.02. The van der Waals surface area contributed by atoms with Crippen molar-refractivity contribution >= 4 is 5.91 Å². The molecule has 1 saturated heterocycles. The van der Waals surface area contributed by atoms with Crippen molar-refractivity contribution in [3.8, 4) is 0 Å². The highest BCUT2D eigenvalue weighted by atomic mass is 16.2. The topological polar surface area (TPSA) is 32.3 Å². The normalized spacial score (nSPS) is 19.1. The van der Waals surface area contributed by atoms with Gasteiger partial charge in [-0.15, -0.1) is 0 Å². The van der Waals surface area contributed by atoms with Gasteiger partial charge in [-0.05, 0) is 68.3 Å². The van der Waals surface area contributed by atoms with Crippen LogP contribution in [-0.2, 0) is 24.1 Å². The summed E-state index contributed by atoms with van der Waals surface area (Å²) in [7, 11) is 1.97. The number of rotatable bonds is 3. The fourth-order valence-corrected chi connectivity index (χ4v) is 3.59. The molecule has 1 aromatic carbocycles. The summed E-state index contributed by atoms with van der Waals surface area (Å²) in [6.45, 7) is 2.06. The van der Waals surface area contributed by atoms with Crippen molar-refractivity contribution in [1.29, 1.82) is 0 Å². The molecule has 3 nitrogen and oxygen atoms in total. The van der Waals surface area contributed by atoms with E-state index >= 15 is 0 Å². The minimum absolute atomic E-state index is 0.262. The Morgan fingerprint density at radius 3 is 2.67 bits per heavy atom. The van der Waals surface area contributed by atoms with Crippen LogP contribution in [0, 0.1) is 0 Å². The van der Waals surface area contributed by atoms with Crippen LogP contribution in [0.4, 0.5) is 0 Å². The number of piperidine rings is 1. The summed E-state index contributed by atoms with van der Waals surface area (Å²) in [6.07, 6.45) is 7.69. The molecule has 1 amide bonds. The van der Waals surface area contributed by atoms with Crippen LogP contribution in [0.3, 0.4) is 0 Å². The number of fused-ring (bicyclic) bond motifs is 1. The fraction of sp³-hybridized carbons (Fsp3) is 0.611. The molecule has 0 atom stereocenters. The van der Waals surface area contributed by atoms with Crippen LogP contribution < -0.4 is 5.32 Å². The van der Waals surface area contributed by atoms with Crippen LogP contribution >= 0.6 is 0 Å². The Labute approximate surface area is 127 Å². The van der Waals surface area contributed by atoms with Crippen molar-refractivity contribution in [3.63, 3.8) is 0 Å². The van der Waals surface area contributed by atoms with Gasteiger partial charge in [-0.1, -0.05) is 18.2 Å². The number of carbonyl (C=O) groups excluding carboxylic acids is 1.